The molecule has 0 heterocycles. The molecule has 2 aromatic rings. The molecule has 7 heteroatoms. The molecule has 0 radical (unpaired) electrons. The number of fused-ring (bicyclic) bond motifs is 3. The van der Waals surface area contributed by atoms with Gasteiger partial charge in [0, 0.05) is 18.4 Å². The predicted molar refractivity (Wildman–Crippen MR) is 119 cm³/mol. The lowest BCUT2D eigenvalue weighted by atomic mass is 9.95. The number of amides is 2. The van der Waals surface area contributed by atoms with Crippen LogP contribution in [0.5, 0.6) is 0 Å². The Balaban J connectivity index is 1.31. The fourth-order valence-electron chi connectivity index (χ4n) is 4.87. The lowest BCUT2D eigenvalue weighted by Crippen LogP contribution is -2.44. The van der Waals surface area contributed by atoms with Gasteiger partial charge < -0.3 is 20.5 Å². The molecule has 2 unspecified atom stereocenters. The van der Waals surface area contributed by atoms with Crippen LogP contribution in [-0.2, 0) is 14.3 Å². The molecular formula is C25H28N2O5. The van der Waals surface area contributed by atoms with Gasteiger partial charge in [0.15, 0.2) is 0 Å². The van der Waals surface area contributed by atoms with Crippen LogP contribution in [-0.4, -0.2) is 42.3 Å². The second-order valence-electron chi connectivity index (χ2n) is 8.57. The van der Waals surface area contributed by atoms with Gasteiger partial charge in [0.1, 0.15) is 12.6 Å². The average molecular weight is 437 g/mol. The van der Waals surface area contributed by atoms with Gasteiger partial charge >= 0.3 is 12.1 Å². The Kier molecular flexibility index (Phi) is 6.44. The summed E-state index contributed by atoms with van der Waals surface area (Å²) in [5.74, 6) is -1.67. The van der Waals surface area contributed by atoms with E-state index in [-0.39, 0.29) is 30.3 Å². The second kappa shape index (κ2) is 9.42. The fraction of sp³-hybridized carbons (Fsp3) is 0.400. The number of carboxylic acid groups (broad SMARTS) is 1. The molecule has 3 N–H and O–H groups in total. The number of aliphatic carboxylic acids is 1. The van der Waals surface area contributed by atoms with Gasteiger partial charge in [-0.05, 0) is 47.9 Å². The lowest BCUT2D eigenvalue weighted by molar-refractivity contribution is -0.142. The summed E-state index contributed by atoms with van der Waals surface area (Å²) >= 11 is 0. The monoisotopic (exact) mass is 436 g/mol. The largest absolute Gasteiger partial charge is 0.480 e. The number of rotatable bonds is 7. The van der Waals surface area contributed by atoms with E-state index in [1.807, 2.05) is 24.3 Å². The molecule has 7 nitrogen and oxygen atoms in total. The van der Waals surface area contributed by atoms with Crippen molar-refractivity contribution in [1.82, 2.24) is 10.6 Å². The van der Waals surface area contributed by atoms with E-state index in [2.05, 4.69) is 34.9 Å². The first-order valence-corrected chi connectivity index (χ1v) is 11.1. The van der Waals surface area contributed by atoms with E-state index in [9.17, 15) is 14.4 Å². The normalized spacial score (nSPS) is 20.2. The maximum Gasteiger partial charge on any atom is 0.407 e. The second-order valence-corrected chi connectivity index (χ2v) is 8.57. The number of carbonyl (C=O) groups is 3. The van der Waals surface area contributed by atoms with Crippen molar-refractivity contribution < 1.29 is 24.2 Å². The van der Waals surface area contributed by atoms with E-state index < -0.39 is 18.1 Å². The Labute approximate surface area is 187 Å². The summed E-state index contributed by atoms with van der Waals surface area (Å²) in [4.78, 5) is 35.8. The van der Waals surface area contributed by atoms with Crippen molar-refractivity contribution in [2.24, 2.45) is 11.8 Å². The molecule has 32 heavy (non-hydrogen) atoms. The number of alkyl carbamates (subject to hydrolysis) is 1. The predicted octanol–water partition coefficient (Wildman–Crippen LogP) is 3.53. The molecule has 0 saturated heterocycles. The lowest BCUT2D eigenvalue weighted by Gasteiger charge is -2.21. The van der Waals surface area contributed by atoms with E-state index >= 15 is 0 Å². The van der Waals surface area contributed by atoms with E-state index in [1.165, 1.54) is 18.1 Å². The van der Waals surface area contributed by atoms with Crippen LogP contribution in [0.1, 0.15) is 43.2 Å². The van der Waals surface area contributed by atoms with E-state index in [1.54, 1.807) is 0 Å². The van der Waals surface area contributed by atoms with Gasteiger partial charge in [0.2, 0.25) is 5.91 Å². The van der Waals surface area contributed by atoms with Crippen molar-refractivity contribution in [2.45, 2.75) is 38.1 Å². The van der Waals surface area contributed by atoms with E-state index in [0.717, 1.165) is 24.0 Å². The summed E-state index contributed by atoms with van der Waals surface area (Å²) < 4.78 is 5.56. The Bertz CT molecular complexity index is 975. The number of hydrogen-bond acceptors (Lipinski definition) is 4. The molecule has 1 saturated carbocycles. The van der Waals surface area contributed by atoms with Gasteiger partial charge in [-0.15, -0.1) is 0 Å². The molecular weight excluding hydrogens is 408 g/mol. The van der Waals surface area contributed by atoms with Crippen LogP contribution in [0.3, 0.4) is 0 Å². The molecule has 168 valence electrons. The van der Waals surface area contributed by atoms with Crippen molar-refractivity contribution in [3.8, 4) is 11.1 Å². The third kappa shape index (κ3) is 4.47. The summed E-state index contributed by atoms with van der Waals surface area (Å²) in [5, 5.41) is 14.3. The van der Waals surface area contributed by atoms with Gasteiger partial charge in [-0.2, -0.15) is 0 Å². The smallest absolute Gasteiger partial charge is 0.407 e. The van der Waals surface area contributed by atoms with Crippen LogP contribution < -0.4 is 10.6 Å². The van der Waals surface area contributed by atoms with Crippen LogP contribution >= 0.6 is 0 Å². The van der Waals surface area contributed by atoms with Gasteiger partial charge in [-0.25, -0.2) is 4.79 Å². The van der Waals surface area contributed by atoms with Gasteiger partial charge in [0.25, 0.3) is 0 Å². The van der Waals surface area contributed by atoms with Crippen molar-refractivity contribution in [3.05, 3.63) is 59.7 Å². The van der Waals surface area contributed by atoms with Crippen molar-refractivity contribution in [1.29, 1.82) is 0 Å². The summed E-state index contributed by atoms with van der Waals surface area (Å²) in [6.45, 7) is 2.01. The van der Waals surface area contributed by atoms with Crippen LogP contribution in [0.15, 0.2) is 48.5 Å². The Morgan fingerprint density at radius 1 is 1.03 bits per heavy atom. The molecule has 0 aromatic heterocycles. The molecule has 2 amide bonds. The van der Waals surface area contributed by atoms with Crippen LogP contribution in [0.2, 0.25) is 0 Å². The SMILES string of the molecule is C[C@H](NC(=O)C1CCCC1CNC(=O)OCC1c2ccccc2-c2ccccc21)C(=O)O. The summed E-state index contributed by atoms with van der Waals surface area (Å²) in [5.41, 5.74) is 4.66. The topological polar surface area (TPSA) is 105 Å². The molecule has 2 aromatic carbocycles. The first-order valence-electron chi connectivity index (χ1n) is 11.1. The Morgan fingerprint density at radius 3 is 2.28 bits per heavy atom. The maximum atomic E-state index is 12.4. The molecule has 0 bridgehead atoms. The van der Waals surface area contributed by atoms with Crippen molar-refractivity contribution >= 4 is 18.0 Å². The van der Waals surface area contributed by atoms with E-state index in [4.69, 9.17) is 9.84 Å². The molecule has 2 aliphatic rings. The van der Waals surface area contributed by atoms with Crippen molar-refractivity contribution in [2.75, 3.05) is 13.2 Å². The minimum atomic E-state index is -1.07. The number of nitrogens with one attached hydrogen (secondary N) is 2. The average Bonchev–Trinajstić information content (AvgIpc) is 3.39. The number of hydrogen-bond donors (Lipinski definition) is 3. The zero-order valence-electron chi connectivity index (χ0n) is 18.0. The third-order valence-corrected chi connectivity index (χ3v) is 6.58. The third-order valence-electron chi connectivity index (χ3n) is 6.58. The Morgan fingerprint density at radius 2 is 1.66 bits per heavy atom. The standard InChI is InChI=1S/C25H28N2O5/c1-15(24(29)30)27-23(28)17-12-6-7-16(17)13-26-25(31)32-14-22-20-10-4-2-8-18(20)19-9-3-5-11-21(19)22/h2-5,8-11,15-17,22H,6-7,12-14H2,1H3,(H,26,31)(H,27,28)(H,29,30)/t15-,16?,17?/m0/s1. The summed E-state index contributed by atoms with van der Waals surface area (Å²) in [7, 11) is 0. The summed E-state index contributed by atoms with van der Waals surface area (Å²) in [6.07, 6.45) is 1.87. The minimum absolute atomic E-state index is 0.00402. The summed E-state index contributed by atoms with van der Waals surface area (Å²) in [6, 6.07) is 15.4. The number of carboxylic acids is 1. The highest BCUT2D eigenvalue weighted by Gasteiger charge is 2.34. The first-order chi connectivity index (χ1) is 15.5. The highest BCUT2D eigenvalue weighted by molar-refractivity contribution is 5.85. The van der Waals surface area contributed by atoms with Crippen molar-refractivity contribution in [3.63, 3.8) is 0 Å². The fourth-order valence-corrected chi connectivity index (χ4v) is 4.87. The number of benzene rings is 2. The van der Waals surface area contributed by atoms with Crippen LogP contribution in [0, 0.1) is 11.8 Å². The highest BCUT2D eigenvalue weighted by atomic mass is 16.5. The molecule has 0 aliphatic heterocycles. The van der Waals surface area contributed by atoms with Crippen LogP contribution in [0.25, 0.3) is 11.1 Å². The van der Waals surface area contributed by atoms with E-state index in [0.29, 0.717) is 13.0 Å². The maximum absolute atomic E-state index is 12.4. The molecule has 4 rings (SSSR count). The van der Waals surface area contributed by atoms with Crippen LogP contribution in [0.4, 0.5) is 4.79 Å². The highest BCUT2D eigenvalue weighted by Crippen LogP contribution is 2.44. The minimum Gasteiger partial charge on any atom is -0.480 e. The quantitative estimate of drug-likeness (QED) is 0.616. The molecule has 1 fully saturated rings. The first kappa shape index (κ1) is 21.9. The van der Waals surface area contributed by atoms with Gasteiger partial charge in [-0.1, -0.05) is 55.0 Å². The zero-order valence-corrected chi connectivity index (χ0v) is 18.0. The molecule has 0 spiro atoms. The number of carbonyl (C=O) groups excluding carboxylic acids is 2. The number of ether oxygens (including phenoxy) is 1. The van der Waals surface area contributed by atoms with Gasteiger partial charge in [0.05, 0.1) is 0 Å². The Hall–Kier alpha value is -3.35. The molecule has 3 atom stereocenters. The van der Waals surface area contributed by atoms with Gasteiger partial charge in [-0.3, -0.25) is 9.59 Å². The molecule has 2 aliphatic carbocycles. The zero-order chi connectivity index (χ0) is 22.7.